The number of halogens is 3. The average Bonchev–Trinajstić information content (AvgIpc) is 3.29. The zero-order chi connectivity index (χ0) is 22.4. The normalized spacial score (nSPS) is 22.2. The summed E-state index contributed by atoms with van der Waals surface area (Å²) in [4.78, 5) is 25.4. The zero-order valence-corrected chi connectivity index (χ0v) is 17.3. The molecule has 162 valence electrons. The minimum atomic E-state index is -3.82. The number of rotatable bonds is 5. The summed E-state index contributed by atoms with van der Waals surface area (Å²) in [5.74, 6) is -1.11. The molecule has 1 aromatic heterocycles. The molecule has 1 saturated heterocycles. The molecule has 10 heteroatoms. The zero-order valence-electron chi connectivity index (χ0n) is 16.6. The molecule has 0 spiro atoms. The smallest absolute Gasteiger partial charge is 0.420 e. The predicted octanol–water partition coefficient (Wildman–Crippen LogP) is 3.90. The first-order chi connectivity index (χ1) is 14.5. The van der Waals surface area contributed by atoms with Crippen LogP contribution in [0.2, 0.25) is 0 Å². The van der Waals surface area contributed by atoms with Crippen molar-refractivity contribution in [3.05, 3.63) is 65.6 Å². The van der Waals surface area contributed by atoms with Gasteiger partial charge in [-0.1, -0.05) is 19.9 Å². The quantitative estimate of drug-likeness (QED) is 0.604. The minimum absolute atomic E-state index is 0.116. The number of nitrogens with zero attached hydrogens (tertiary/aromatic N) is 1. The fraction of sp³-hybridized carbons (Fsp3) is 0.286. The molecule has 1 fully saturated rings. The Hall–Kier alpha value is -3.20. The number of fused-ring (bicyclic) bond motifs is 1. The summed E-state index contributed by atoms with van der Waals surface area (Å²) in [5.41, 5.74) is -2.30. The number of aromatic nitrogens is 2. The van der Waals surface area contributed by atoms with Gasteiger partial charge in [0.15, 0.2) is 0 Å². The van der Waals surface area contributed by atoms with E-state index in [1.54, 1.807) is 18.3 Å². The summed E-state index contributed by atoms with van der Waals surface area (Å²) in [6, 6.07) is 7.18. The van der Waals surface area contributed by atoms with Crippen molar-refractivity contribution in [1.29, 1.82) is 0 Å². The first-order valence-corrected chi connectivity index (χ1v) is 9.84. The number of amides is 2. The van der Waals surface area contributed by atoms with Crippen LogP contribution >= 0.6 is 11.6 Å². The predicted molar refractivity (Wildman–Crippen MR) is 109 cm³/mol. The van der Waals surface area contributed by atoms with Gasteiger partial charge in [0.1, 0.15) is 5.75 Å². The van der Waals surface area contributed by atoms with Gasteiger partial charge in [0.05, 0.1) is 5.41 Å². The minimum Gasteiger partial charge on any atom is -0.420 e. The van der Waals surface area contributed by atoms with Gasteiger partial charge in [-0.25, -0.2) is 0 Å². The summed E-state index contributed by atoms with van der Waals surface area (Å²) in [6.45, 7) is 3.73. The summed E-state index contributed by atoms with van der Waals surface area (Å²) in [6.07, 6.45) is 5.07. The molecule has 2 aromatic rings. The number of hydrogen-bond acceptors (Lipinski definition) is 4. The summed E-state index contributed by atoms with van der Waals surface area (Å²) < 4.78 is 29.7. The SMILES string of the molecule is CC1(C)C(=O)NC2=CC(C(=O)Nc3ccc(OC(F)(F)Cl)cc3)=CC(c3ccn[nH]3)C21. The van der Waals surface area contributed by atoms with Gasteiger partial charge in [-0.2, -0.15) is 5.10 Å². The highest BCUT2D eigenvalue weighted by molar-refractivity contribution is 6.20. The Morgan fingerprint density at radius 1 is 1.26 bits per heavy atom. The fourth-order valence-corrected chi connectivity index (χ4v) is 4.07. The Kier molecular flexibility index (Phi) is 5.09. The molecule has 31 heavy (non-hydrogen) atoms. The molecule has 2 aliphatic rings. The van der Waals surface area contributed by atoms with E-state index in [1.165, 1.54) is 24.3 Å². The van der Waals surface area contributed by atoms with Gasteiger partial charge < -0.3 is 15.4 Å². The van der Waals surface area contributed by atoms with Crippen LogP contribution in [-0.4, -0.2) is 27.6 Å². The van der Waals surface area contributed by atoms with Gasteiger partial charge in [0.2, 0.25) is 5.91 Å². The van der Waals surface area contributed by atoms with Gasteiger partial charge >= 0.3 is 5.57 Å². The van der Waals surface area contributed by atoms with Crippen LogP contribution in [0.5, 0.6) is 5.75 Å². The molecular weight excluding hydrogens is 430 g/mol. The molecular formula is C21H19ClF2N4O3. The number of carbonyl (C=O) groups is 2. The van der Waals surface area contributed by atoms with Crippen molar-refractivity contribution < 1.29 is 23.1 Å². The molecule has 2 amide bonds. The molecule has 3 N–H and O–H groups in total. The number of H-pyrrole nitrogens is 1. The number of nitrogens with one attached hydrogen (secondary N) is 3. The molecule has 0 bridgehead atoms. The van der Waals surface area contributed by atoms with Crippen LogP contribution in [0.3, 0.4) is 0 Å². The number of ether oxygens (including phenoxy) is 1. The average molecular weight is 449 g/mol. The lowest BCUT2D eigenvalue weighted by Crippen LogP contribution is -2.32. The lowest BCUT2D eigenvalue weighted by molar-refractivity contribution is -0.127. The molecule has 0 radical (unpaired) electrons. The first kappa shape index (κ1) is 21.0. The van der Waals surface area contributed by atoms with E-state index in [4.69, 9.17) is 11.6 Å². The second-order valence-corrected chi connectivity index (χ2v) is 8.38. The second-order valence-electron chi connectivity index (χ2n) is 7.94. The van der Waals surface area contributed by atoms with Gasteiger partial charge in [0.25, 0.3) is 5.91 Å². The molecule has 1 aliphatic heterocycles. The highest BCUT2D eigenvalue weighted by Crippen LogP contribution is 2.49. The maximum Gasteiger partial charge on any atom is 0.487 e. The molecule has 2 unspecified atom stereocenters. The maximum atomic E-state index is 12.9. The van der Waals surface area contributed by atoms with Crippen molar-refractivity contribution in [2.45, 2.75) is 25.3 Å². The van der Waals surface area contributed by atoms with Gasteiger partial charge in [0, 0.05) is 52.3 Å². The van der Waals surface area contributed by atoms with Crippen LogP contribution in [0, 0.1) is 11.3 Å². The standard InChI is InChI=1S/C21H19ClF2N4O3/c1-20(2)17-14(15-7-8-25-28-15)9-11(10-16(17)27-19(20)30)18(29)26-12-3-5-13(6-4-12)31-21(22,23)24/h3-10,14,17H,1-2H3,(H,25,28)(H,26,29)(H,27,30). The number of hydrogen-bond donors (Lipinski definition) is 3. The highest BCUT2D eigenvalue weighted by atomic mass is 35.5. The third-order valence-corrected chi connectivity index (χ3v) is 5.55. The number of alkyl halides is 3. The highest BCUT2D eigenvalue weighted by Gasteiger charge is 2.51. The van der Waals surface area contributed by atoms with E-state index in [2.05, 4.69) is 25.6 Å². The van der Waals surface area contributed by atoms with Crippen molar-refractivity contribution in [1.82, 2.24) is 15.5 Å². The van der Waals surface area contributed by atoms with E-state index in [0.717, 1.165) is 5.69 Å². The Morgan fingerprint density at radius 3 is 2.58 bits per heavy atom. The molecule has 7 nitrogen and oxygen atoms in total. The Labute approximate surface area is 181 Å². The third kappa shape index (κ3) is 4.18. The monoisotopic (exact) mass is 448 g/mol. The van der Waals surface area contributed by atoms with Crippen molar-refractivity contribution >= 4 is 29.1 Å². The maximum absolute atomic E-state index is 12.9. The first-order valence-electron chi connectivity index (χ1n) is 9.46. The lowest BCUT2D eigenvalue weighted by Gasteiger charge is -2.32. The van der Waals surface area contributed by atoms with E-state index in [1.807, 2.05) is 19.9 Å². The molecule has 1 aromatic carbocycles. The van der Waals surface area contributed by atoms with Crippen LogP contribution < -0.4 is 15.4 Å². The molecule has 4 rings (SSSR count). The van der Waals surface area contributed by atoms with E-state index in [-0.39, 0.29) is 23.5 Å². The van der Waals surface area contributed by atoms with Gasteiger partial charge in [-0.15, -0.1) is 8.78 Å². The number of carbonyl (C=O) groups excluding carboxylic acids is 2. The largest absolute Gasteiger partial charge is 0.487 e. The third-order valence-electron chi connectivity index (χ3n) is 5.47. The van der Waals surface area contributed by atoms with E-state index in [9.17, 15) is 18.4 Å². The van der Waals surface area contributed by atoms with Crippen LogP contribution in [0.25, 0.3) is 0 Å². The summed E-state index contributed by atoms with van der Waals surface area (Å²) in [7, 11) is 0. The number of benzene rings is 1. The van der Waals surface area contributed by atoms with Crippen LogP contribution in [0.1, 0.15) is 25.5 Å². The fourth-order valence-electron chi connectivity index (χ4n) is 3.98. The van der Waals surface area contributed by atoms with Crippen LogP contribution in [-0.2, 0) is 9.59 Å². The van der Waals surface area contributed by atoms with Crippen LogP contribution in [0.4, 0.5) is 14.5 Å². The van der Waals surface area contributed by atoms with Gasteiger partial charge in [-0.3, -0.25) is 14.7 Å². The van der Waals surface area contributed by atoms with Crippen LogP contribution in [0.15, 0.2) is 60.0 Å². The molecule has 2 atom stereocenters. The van der Waals surface area contributed by atoms with Crippen molar-refractivity contribution in [2.75, 3.05) is 5.32 Å². The lowest BCUT2D eigenvalue weighted by atomic mass is 9.69. The Bertz CT molecular complexity index is 1070. The summed E-state index contributed by atoms with van der Waals surface area (Å²) in [5, 5.41) is 12.5. The van der Waals surface area contributed by atoms with Crippen molar-refractivity contribution in [2.24, 2.45) is 11.3 Å². The van der Waals surface area contributed by atoms with E-state index < -0.39 is 16.9 Å². The summed E-state index contributed by atoms with van der Waals surface area (Å²) >= 11 is 4.75. The Balaban J connectivity index is 1.58. The molecule has 1 aliphatic carbocycles. The number of aromatic amines is 1. The van der Waals surface area contributed by atoms with Gasteiger partial charge in [-0.05, 0) is 36.4 Å². The van der Waals surface area contributed by atoms with E-state index >= 15 is 0 Å². The molecule has 2 heterocycles. The number of anilines is 1. The molecule has 0 saturated carbocycles. The number of allylic oxidation sites excluding steroid dienone is 2. The topological polar surface area (TPSA) is 96.1 Å². The Morgan fingerprint density at radius 2 is 1.97 bits per heavy atom. The van der Waals surface area contributed by atoms with Crippen molar-refractivity contribution in [3.8, 4) is 5.75 Å². The van der Waals surface area contributed by atoms with Crippen molar-refractivity contribution in [3.63, 3.8) is 0 Å². The van der Waals surface area contributed by atoms with E-state index in [0.29, 0.717) is 17.0 Å². The second kappa shape index (κ2) is 7.49.